The number of aliphatic hydroxyl groups excluding tert-OH is 1. The normalized spacial score (nSPS) is 51.1. The minimum absolute atomic E-state index is 0.00223. The van der Waals surface area contributed by atoms with Crippen LogP contribution in [0.25, 0.3) is 0 Å². The first-order chi connectivity index (χ1) is 14.9. The highest BCUT2D eigenvalue weighted by molar-refractivity contribution is 6.04. The maximum atomic E-state index is 13.6. The lowest BCUT2D eigenvalue weighted by Gasteiger charge is -2.74. The minimum Gasteiger partial charge on any atom is -0.465 e. The number of ether oxygens (including phenoxy) is 3. The molecule has 2 N–H and O–H groups in total. The van der Waals surface area contributed by atoms with Crippen molar-refractivity contribution in [3.63, 3.8) is 0 Å². The number of Topliss-reactive ketones (excluding diaryl/α,β-unsaturated/α-hetero) is 1. The number of hydrogen-bond acceptors (Lipinski definition) is 8. The van der Waals surface area contributed by atoms with Crippen LogP contribution in [-0.4, -0.2) is 59.1 Å². The van der Waals surface area contributed by atoms with Crippen LogP contribution in [0.3, 0.4) is 0 Å². The van der Waals surface area contributed by atoms with Crippen LogP contribution in [0.15, 0.2) is 12.2 Å². The van der Waals surface area contributed by atoms with Crippen LogP contribution in [0.5, 0.6) is 0 Å². The van der Waals surface area contributed by atoms with E-state index < -0.39 is 52.1 Å². The molecule has 6 rings (SSSR count). The van der Waals surface area contributed by atoms with Crippen LogP contribution in [0.2, 0.25) is 0 Å². The first-order valence-corrected chi connectivity index (χ1v) is 11.5. The molecular formula is C24H32O8. The highest BCUT2D eigenvalue weighted by Gasteiger charge is 2.84. The quantitative estimate of drug-likeness (QED) is 0.493. The number of rotatable bonds is 3. The predicted octanol–water partition coefficient (Wildman–Crippen LogP) is 1.52. The summed E-state index contributed by atoms with van der Waals surface area (Å²) in [5.41, 5.74) is -2.25. The molecule has 1 unspecified atom stereocenters. The lowest BCUT2D eigenvalue weighted by atomic mass is 9.36. The summed E-state index contributed by atoms with van der Waals surface area (Å²) in [6.07, 6.45) is 1.04. The van der Waals surface area contributed by atoms with E-state index in [1.807, 2.05) is 6.92 Å². The van der Waals surface area contributed by atoms with Crippen molar-refractivity contribution in [2.75, 3.05) is 13.2 Å². The molecule has 2 saturated heterocycles. The Morgan fingerprint density at radius 1 is 1.22 bits per heavy atom. The first kappa shape index (κ1) is 22.0. The summed E-state index contributed by atoms with van der Waals surface area (Å²) in [5.74, 6) is -3.96. The standard InChI is InChI=1S/C24H32O8/c1-12-15-5-6-16-22-8-7-17(32-14(3)26)21(4,10-30-13(2)25)18(22)20(28)24(29,31-11-22)23(16,9-15)19(12)27/h15-18,20,28-29H,1,5-11H2,2-4H3/t15-,16-,17-,18+,20?,21+,22+,23-,24-/m0/s1. The maximum Gasteiger partial charge on any atom is 0.302 e. The number of allylic oxidation sites excluding steroid dienone is 1. The van der Waals surface area contributed by atoms with Gasteiger partial charge in [0.15, 0.2) is 5.78 Å². The second-order valence-electron chi connectivity index (χ2n) is 10.9. The van der Waals surface area contributed by atoms with Gasteiger partial charge in [-0.05, 0) is 49.5 Å². The van der Waals surface area contributed by atoms with Gasteiger partial charge in [-0.3, -0.25) is 14.4 Å². The Bertz CT molecular complexity index is 914. The second kappa shape index (κ2) is 6.64. The number of hydrogen-bond donors (Lipinski definition) is 2. The molecule has 8 heteroatoms. The van der Waals surface area contributed by atoms with Crippen molar-refractivity contribution in [1.82, 2.24) is 0 Å². The monoisotopic (exact) mass is 448 g/mol. The average molecular weight is 449 g/mol. The average Bonchev–Trinajstić information content (AvgIpc) is 2.92. The molecule has 4 aliphatic carbocycles. The number of fused-ring (bicyclic) bond motifs is 2. The molecule has 2 aliphatic heterocycles. The molecular weight excluding hydrogens is 416 g/mol. The van der Waals surface area contributed by atoms with Crippen LogP contribution < -0.4 is 0 Å². The second-order valence-corrected chi connectivity index (χ2v) is 10.9. The SMILES string of the molecule is C=C1C(=O)[C@]23C[C@@H]1CC[C@H]2[C@]12CC[C@H](OC(C)=O)[C@@](C)(COC(C)=O)[C@H]1C(O)[C@]3(O)OC2. The Morgan fingerprint density at radius 3 is 2.59 bits per heavy atom. The number of carbonyl (C=O) groups is 3. The summed E-state index contributed by atoms with van der Waals surface area (Å²) in [6.45, 7) is 8.63. The Labute approximate surface area is 187 Å². The van der Waals surface area contributed by atoms with E-state index in [9.17, 15) is 24.6 Å². The molecule has 0 aromatic carbocycles. The third-order valence-corrected chi connectivity index (χ3v) is 9.60. The molecule has 0 amide bonds. The lowest BCUT2D eigenvalue weighted by Crippen LogP contribution is -2.83. The van der Waals surface area contributed by atoms with E-state index in [1.165, 1.54) is 13.8 Å². The fourth-order valence-electron chi connectivity index (χ4n) is 8.46. The molecule has 2 heterocycles. The predicted molar refractivity (Wildman–Crippen MR) is 110 cm³/mol. The molecule has 176 valence electrons. The van der Waals surface area contributed by atoms with E-state index >= 15 is 0 Å². The van der Waals surface area contributed by atoms with Crippen molar-refractivity contribution in [2.45, 2.75) is 70.9 Å². The molecule has 8 nitrogen and oxygen atoms in total. The van der Waals surface area contributed by atoms with Gasteiger partial charge in [-0.25, -0.2) is 0 Å². The molecule has 4 saturated carbocycles. The van der Waals surface area contributed by atoms with E-state index in [2.05, 4.69) is 6.58 Å². The molecule has 0 aromatic rings. The fourth-order valence-corrected chi connectivity index (χ4v) is 8.46. The molecule has 2 spiro atoms. The van der Waals surface area contributed by atoms with E-state index in [-0.39, 0.29) is 30.8 Å². The van der Waals surface area contributed by atoms with E-state index in [1.54, 1.807) is 0 Å². The fraction of sp³-hybridized carbons (Fsp3) is 0.792. The summed E-state index contributed by atoms with van der Waals surface area (Å²) in [7, 11) is 0. The van der Waals surface area contributed by atoms with Gasteiger partial charge >= 0.3 is 11.9 Å². The Balaban J connectivity index is 1.66. The van der Waals surface area contributed by atoms with Crippen molar-refractivity contribution in [3.05, 3.63) is 12.2 Å². The minimum atomic E-state index is -2.06. The van der Waals surface area contributed by atoms with Gasteiger partial charge in [-0.1, -0.05) is 13.5 Å². The van der Waals surface area contributed by atoms with E-state index in [0.717, 1.165) is 12.8 Å². The Morgan fingerprint density at radius 2 is 1.94 bits per heavy atom. The summed E-state index contributed by atoms with van der Waals surface area (Å²) in [5, 5.41) is 23.6. The molecule has 0 radical (unpaired) electrons. The van der Waals surface area contributed by atoms with Gasteiger partial charge in [0.2, 0.25) is 5.79 Å². The van der Waals surface area contributed by atoms with Gasteiger partial charge in [0, 0.05) is 30.6 Å². The topological polar surface area (TPSA) is 119 Å². The zero-order valence-corrected chi connectivity index (χ0v) is 18.9. The number of ketones is 1. The van der Waals surface area contributed by atoms with Gasteiger partial charge in [0.25, 0.3) is 0 Å². The van der Waals surface area contributed by atoms with Crippen LogP contribution >= 0.6 is 0 Å². The van der Waals surface area contributed by atoms with Crippen LogP contribution in [0, 0.1) is 34.0 Å². The summed E-state index contributed by atoms with van der Waals surface area (Å²) in [4.78, 5) is 37.2. The van der Waals surface area contributed by atoms with Gasteiger partial charge < -0.3 is 24.4 Å². The van der Waals surface area contributed by atoms with Crippen molar-refractivity contribution >= 4 is 17.7 Å². The third kappa shape index (κ3) is 2.36. The number of carbonyl (C=O) groups excluding carboxylic acids is 3. The molecule has 32 heavy (non-hydrogen) atoms. The zero-order chi connectivity index (χ0) is 23.3. The van der Waals surface area contributed by atoms with E-state index in [4.69, 9.17) is 14.2 Å². The van der Waals surface area contributed by atoms with Gasteiger partial charge in [-0.2, -0.15) is 0 Å². The zero-order valence-electron chi connectivity index (χ0n) is 18.9. The first-order valence-electron chi connectivity index (χ1n) is 11.5. The van der Waals surface area contributed by atoms with Crippen LogP contribution in [0.1, 0.15) is 52.9 Å². The summed E-state index contributed by atoms with van der Waals surface area (Å²) < 4.78 is 17.1. The Kier molecular flexibility index (Phi) is 4.57. The van der Waals surface area contributed by atoms with Gasteiger partial charge in [0.1, 0.15) is 18.8 Å². The third-order valence-electron chi connectivity index (χ3n) is 9.60. The highest BCUT2D eigenvalue weighted by atomic mass is 16.6. The van der Waals surface area contributed by atoms with Crippen molar-refractivity contribution < 1.29 is 38.8 Å². The van der Waals surface area contributed by atoms with Crippen molar-refractivity contribution in [3.8, 4) is 0 Å². The molecule has 4 bridgehead atoms. The van der Waals surface area contributed by atoms with E-state index in [0.29, 0.717) is 24.8 Å². The van der Waals surface area contributed by atoms with Gasteiger partial charge in [0.05, 0.1) is 12.0 Å². The summed E-state index contributed by atoms with van der Waals surface area (Å²) in [6, 6.07) is 0. The molecule has 6 aliphatic rings. The van der Waals surface area contributed by atoms with Crippen molar-refractivity contribution in [1.29, 1.82) is 0 Å². The largest absolute Gasteiger partial charge is 0.465 e. The number of esters is 2. The van der Waals surface area contributed by atoms with Crippen molar-refractivity contribution in [2.24, 2.45) is 34.0 Å². The highest BCUT2D eigenvalue weighted by Crippen LogP contribution is 2.76. The number of aliphatic hydroxyl groups is 2. The Hall–Kier alpha value is -1.77. The maximum absolute atomic E-state index is 13.6. The smallest absolute Gasteiger partial charge is 0.302 e. The lowest BCUT2D eigenvalue weighted by molar-refractivity contribution is -0.443. The van der Waals surface area contributed by atoms with Crippen LogP contribution in [-0.2, 0) is 28.6 Å². The molecule has 0 aromatic heterocycles. The molecule has 6 fully saturated rings. The van der Waals surface area contributed by atoms with Gasteiger partial charge in [-0.15, -0.1) is 0 Å². The summed E-state index contributed by atoms with van der Waals surface area (Å²) >= 11 is 0. The molecule has 9 atom stereocenters. The van der Waals surface area contributed by atoms with Crippen LogP contribution in [0.4, 0.5) is 0 Å².